The number of nitrogens with two attached hydrogens (primary N) is 1. The summed E-state index contributed by atoms with van der Waals surface area (Å²) in [5.41, 5.74) is 6.93. The minimum atomic E-state index is 0.150. The number of carbonyl (C=O) groups excluding carboxylic acids is 1. The molecular formula is C13H20N2OS. The van der Waals surface area contributed by atoms with Crippen LogP contribution in [0.2, 0.25) is 0 Å². The highest BCUT2D eigenvalue weighted by atomic mass is 32.1. The maximum absolute atomic E-state index is 11.7. The molecule has 2 N–H and O–H groups in total. The zero-order chi connectivity index (χ0) is 12.6. The molecule has 1 saturated heterocycles. The van der Waals surface area contributed by atoms with E-state index < -0.39 is 0 Å². The van der Waals surface area contributed by atoms with Crippen molar-refractivity contribution in [3.63, 3.8) is 0 Å². The third-order valence-corrected chi connectivity index (χ3v) is 4.56. The van der Waals surface area contributed by atoms with Crippen LogP contribution in [0.25, 0.3) is 0 Å². The number of nitrogens with zero attached hydrogens (tertiary/aromatic N) is 1. The average Bonchev–Trinajstić information content (AvgIpc) is 2.80. The number of thiophene rings is 1. The topological polar surface area (TPSA) is 46.3 Å². The Morgan fingerprint density at radius 2 is 2.29 bits per heavy atom. The number of rotatable bonds is 3. The highest BCUT2D eigenvalue weighted by Gasteiger charge is 2.30. The third kappa shape index (κ3) is 2.46. The van der Waals surface area contributed by atoms with E-state index >= 15 is 0 Å². The molecule has 0 aliphatic carbocycles. The van der Waals surface area contributed by atoms with Crippen LogP contribution < -0.4 is 10.6 Å². The summed E-state index contributed by atoms with van der Waals surface area (Å²) < 4.78 is 0. The molecule has 3 nitrogen and oxygen atoms in total. The summed E-state index contributed by atoms with van der Waals surface area (Å²) in [6, 6.07) is 1.95. The molecule has 0 spiro atoms. The van der Waals surface area contributed by atoms with Gasteiger partial charge in [-0.1, -0.05) is 20.8 Å². The van der Waals surface area contributed by atoms with Gasteiger partial charge in [0, 0.05) is 19.5 Å². The van der Waals surface area contributed by atoms with Gasteiger partial charge in [0.05, 0.1) is 15.6 Å². The van der Waals surface area contributed by atoms with E-state index in [1.807, 2.05) is 13.0 Å². The summed E-state index contributed by atoms with van der Waals surface area (Å²) in [5, 5.41) is 1.14. The number of Topliss-reactive ketones (excluding diaryl/α,β-unsaturated/α-hetero) is 1. The average molecular weight is 252 g/mol. The Bertz CT molecular complexity index is 437. The molecular weight excluding hydrogens is 232 g/mol. The molecule has 0 atom stereocenters. The number of nitrogen functional groups attached to an aromatic ring is 1. The van der Waals surface area contributed by atoms with Gasteiger partial charge in [0.25, 0.3) is 0 Å². The van der Waals surface area contributed by atoms with Crippen LogP contribution in [0.5, 0.6) is 0 Å². The van der Waals surface area contributed by atoms with Gasteiger partial charge in [-0.3, -0.25) is 4.79 Å². The van der Waals surface area contributed by atoms with E-state index in [-0.39, 0.29) is 5.78 Å². The van der Waals surface area contributed by atoms with Crippen LogP contribution in [0.15, 0.2) is 6.07 Å². The fourth-order valence-electron chi connectivity index (χ4n) is 2.23. The lowest BCUT2D eigenvalue weighted by Gasteiger charge is -2.19. The van der Waals surface area contributed by atoms with Crippen LogP contribution in [0.3, 0.4) is 0 Å². The fraction of sp³-hybridized carbons (Fsp3) is 0.615. The minimum absolute atomic E-state index is 0.150. The normalized spacial score (nSPS) is 18.6. The zero-order valence-electron chi connectivity index (χ0n) is 10.7. The van der Waals surface area contributed by atoms with Gasteiger partial charge in [0.15, 0.2) is 5.78 Å². The van der Waals surface area contributed by atoms with E-state index in [9.17, 15) is 4.79 Å². The number of hydrogen-bond acceptors (Lipinski definition) is 4. The molecule has 1 aromatic rings. The smallest absolute Gasteiger partial charge is 0.174 e. The lowest BCUT2D eigenvalue weighted by Crippen LogP contribution is -2.21. The summed E-state index contributed by atoms with van der Waals surface area (Å²) >= 11 is 1.54. The summed E-state index contributed by atoms with van der Waals surface area (Å²) in [7, 11) is 0. The third-order valence-electron chi connectivity index (χ3n) is 3.31. The van der Waals surface area contributed by atoms with Crippen LogP contribution in [-0.4, -0.2) is 18.9 Å². The van der Waals surface area contributed by atoms with Gasteiger partial charge in [-0.05, 0) is 17.9 Å². The molecule has 0 saturated carbocycles. The summed E-state index contributed by atoms with van der Waals surface area (Å²) in [4.78, 5) is 14.8. The molecule has 1 aromatic heterocycles. The first kappa shape index (κ1) is 12.4. The van der Waals surface area contributed by atoms with Crippen molar-refractivity contribution in [1.82, 2.24) is 0 Å². The monoisotopic (exact) mass is 252 g/mol. The largest absolute Gasteiger partial charge is 0.397 e. The number of hydrogen-bond donors (Lipinski definition) is 1. The second-order valence-electron chi connectivity index (χ2n) is 5.48. The van der Waals surface area contributed by atoms with Crippen molar-refractivity contribution in [2.24, 2.45) is 5.41 Å². The second-order valence-corrected chi connectivity index (χ2v) is 6.51. The van der Waals surface area contributed by atoms with Gasteiger partial charge in [0.1, 0.15) is 0 Å². The number of anilines is 2. The molecule has 0 aromatic carbocycles. The SMILES string of the molecule is CCC(=O)c1sc(N2CCC(C)(C)C2)cc1N. The van der Waals surface area contributed by atoms with Gasteiger partial charge in [0.2, 0.25) is 0 Å². The minimum Gasteiger partial charge on any atom is -0.397 e. The standard InChI is InChI=1S/C13H20N2OS/c1-4-10(16)12-9(14)7-11(17-12)15-6-5-13(2,3)8-15/h7H,4-6,8,14H2,1-3H3. The molecule has 0 amide bonds. The van der Waals surface area contributed by atoms with Crippen molar-refractivity contribution in [2.75, 3.05) is 23.7 Å². The molecule has 94 valence electrons. The van der Waals surface area contributed by atoms with E-state index in [4.69, 9.17) is 5.73 Å². The van der Waals surface area contributed by atoms with E-state index in [1.165, 1.54) is 6.42 Å². The molecule has 2 rings (SSSR count). The van der Waals surface area contributed by atoms with E-state index in [0.29, 0.717) is 17.5 Å². The van der Waals surface area contributed by atoms with E-state index in [0.717, 1.165) is 23.0 Å². The molecule has 1 aliphatic rings. The van der Waals surface area contributed by atoms with Gasteiger partial charge < -0.3 is 10.6 Å². The van der Waals surface area contributed by atoms with Crippen molar-refractivity contribution >= 4 is 27.8 Å². The number of ketones is 1. The molecule has 2 heterocycles. The fourth-order valence-corrected chi connectivity index (χ4v) is 3.34. The lowest BCUT2D eigenvalue weighted by molar-refractivity contribution is 0.0993. The first-order valence-corrected chi connectivity index (χ1v) is 6.92. The molecule has 4 heteroatoms. The van der Waals surface area contributed by atoms with Gasteiger partial charge >= 0.3 is 0 Å². The molecule has 0 unspecified atom stereocenters. The first-order valence-electron chi connectivity index (χ1n) is 6.10. The Labute approximate surface area is 107 Å². The van der Waals surface area contributed by atoms with Crippen molar-refractivity contribution in [2.45, 2.75) is 33.6 Å². The van der Waals surface area contributed by atoms with E-state index in [2.05, 4.69) is 18.7 Å². The molecule has 0 bridgehead atoms. The second kappa shape index (κ2) is 4.33. The van der Waals surface area contributed by atoms with Gasteiger partial charge in [-0.2, -0.15) is 0 Å². The molecule has 1 aliphatic heterocycles. The van der Waals surface area contributed by atoms with Gasteiger partial charge in [-0.15, -0.1) is 11.3 Å². The highest BCUT2D eigenvalue weighted by Crippen LogP contribution is 2.38. The quantitative estimate of drug-likeness (QED) is 0.841. The van der Waals surface area contributed by atoms with Gasteiger partial charge in [-0.25, -0.2) is 0 Å². The van der Waals surface area contributed by atoms with Crippen LogP contribution in [0.4, 0.5) is 10.7 Å². The summed E-state index contributed by atoms with van der Waals surface area (Å²) in [6.07, 6.45) is 1.72. The Morgan fingerprint density at radius 3 is 2.82 bits per heavy atom. The molecule has 17 heavy (non-hydrogen) atoms. The predicted octanol–water partition coefficient (Wildman–Crippen LogP) is 3.16. The van der Waals surface area contributed by atoms with Crippen LogP contribution in [0, 0.1) is 5.41 Å². The summed E-state index contributed by atoms with van der Waals surface area (Å²) in [6.45, 7) is 8.55. The predicted molar refractivity (Wildman–Crippen MR) is 74.0 cm³/mol. The van der Waals surface area contributed by atoms with E-state index in [1.54, 1.807) is 11.3 Å². The Morgan fingerprint density at radius 1 is 1.59 bits per heavy atom. The van der Waals surface area contributed by atoms with Crippen LogP contribution >= 0.6 is 11.3 Å². The zero-order valence-corrected chi connectivity index (χ0v) is 11.6. The first-order chi connectivity index (χ1) is 7.93. The maximum atomic E-state index is 11.7. The van der Waals surface area contributed by atoms with Crippen molar-refractivity contribution < 1.29 is 4.79 Å². The number of carbonyl (C=O) groups is 1. The Hall–Kier alpha value is -1.03. The maximum Gasteiger partial charge on any atom is 0.174 e. The molecule has 0 radical (unpaired) electrons. The van der Waals surface area contributed by atoms with Crippen molar-refractivity contribution in [1.29, 1.82) is 0 Å². The Balaban J connectivity index is 2.21. The van der Waals surface area contributed by atoms with Crippen LogP contribution in [-0.2, 0) is 0 Å². The van der Waals surface area contributed by atoms with Crippen molar-refractivity contribution in [3.8, 4) is 0 Å². The highest BCUT2D eigenvalue weighted by molar-refractivity contribution is 7.18. The lowest BCUT2D eigenvalue weighted by atomic mass is 9.93. The Kier molecular flexibility index (Phi) is 3.17. The summed E-state index contributed by atoms with van der Waals surface area (Å²) in [5.74, 6) is 0.150. The van der Waals surface area contributed by atoms with Crippen LogP contribution in [0.1, 0.15) is 43.3 Å². The molecule has 1 fully saturated rings. The van der Waals surface area contributed by atoms with Crippen molar-refractivity contribution in [3.05, 3.63) is 10.9 Å².